The molecule has 1 heterocycles. The number of carbonyl (C=O) groups is 2. The highest BCUT2D eigenvalue weighted by Crippen LogP contribution is 2.41. The average Bonchev–Trinajstić information content (AvgIpc) is 2.98. The first-order valence-corrected chi connectivity index (χ1v) is 11.5. The number of ether oxygens (including phenoxy) is 1. The first-order valence-electron chi connectivity index (χ1n) is 11.1. The molecule has 32 heavy (non-hydrogen) atoms. The number of ketones is 1. The fourth-order valence-electron chi connectivity index (χ4n) is 4.73. The molecule has 0 bridgehead atoms. The third kappa shape index (κ3) is 4.48. The molecule has 2 aliphatic rings. The van der Waals surface area contributed by atoms with Crippen LogP contribution in [0.2, 0.25) is 0 Å². The van der Waals surface area contributed by atoms with Crippen molar-refractivity contribution in [3.05, 3.63) is 64.7 Å². The molecule has 1 saturated heterocycles. The molecule has 1 N–H and O–H groups in total. The van der Waals surface area contributed by atoms with Crippen molar-refractivity contribution in [1.82, 2.24) is 10.0 Å². The molecule has 0 atom stereocenters. The molecule has 2 aromatic carbocycles. The molecule has 1 amide bonds. The summed E-state index contributed by atoms with van der Waals surface area (Å²) >= 11 is 5.81. The second-order valence-corrected chi connectivity index (χ2v) is 9.19. The van der Waals surface area contributed by atoms with Gasteiger partial charge in [-0.05, 0) is 63.5 Å². The van der Waals surface area contributed by atoms with Gasteiger partial charge in [0.2, 0.25) is 5.72 Å². The summed E-state index contributed by atoms with van der Waals surface area (Å²) in [7, 11) is 0. The number of hydrazine groups is 1. The Morgan fingerprint density at radius 1 is 1.09 bits per heavy atom. The van der Waals surface area contributed by atoms with Crippen LogP contribution in [0.15, 0.2) is 42.5 Å². The first-order chi connectivity index (χ1) is 15.3. The van der Waals surface area contributed by atoms with Gasteiger partial charge in [-0.3, -0.25) is 4.79 Å². The number of rotatable bonds is 4. The minimum atomic E-state index is -0.767. The molecule has 1 aliphatic heterocycles. The SMILES string of the molecule is CC(=O)c1cccc(NC(=S)N2N(Cc3cc(C)cc(C)c3)C(=O)OC23CCCCC3)c1. The van der Waals surface area contributed by atoms with Crippen molar-refractivity contribution < 1.29 is 14.3 Å². The molecule has 6 nitrogen and oxygen atoms in total. The summed E-state index contributed by atoms with van der Waals surface area (Å²) in [6, 6.07) is 13.5. The lowest BCUT2D eigenvalue weighted by molar-refractivity contribution is -0.0853. The normalized spacial score (nSPS) is 17.4. The smallest absolute Gasteiger partial charge is 0.419 e. The monoisotopic (exact) mass is 451 g/mol. The van der Waals surface area contributed by atoms with Crippen molar-refractivity contribution >= 4 is 34.9 Å². The van der Waals surface area contributed by atoms with E-state index < -0.39 is 5.72 Å². The Kier molecular flexibility index (Phi) is 6.20. The molecule has 1 saturated carbocycles. The predicted octanol–water partition coefficient (Wildman–Crippen LogP) is 5.73. The minimum absolute atomic E-state index is 0.0144. The summed E-state index contributed by atoms with van der Waals surface area (Å²) in [4.78, 5) is 24.9. The topological polar surface area (TPSA) is 61.9 Å². The Morgan fingerprint density at radius 3 is 2.44 bits per heavy atom. The van der Waals surface area contributed by atoms with E-state index in [0.717, 1.165) is 48.8 Å². The van der Waals surface area contributed by atoms with Gasteiger partial charge in [0, 0.05) is 24.1 Å². The van der Waals surface area contributed by atoms with Gasteiger partial charge in [0.25, 0.3) is 0 Å². The third-order valence-electron chi connectivity index (χ3n) is 6.08. The van der Waals surface area contributed by atoms with Gasteiger partial charge >= 0.3 is 6.09 Å². The summed E-state index contributed by atoms with van der Waals surface area (Å²) in [6.45, 7) is 6.01. The lowest BCUT2D eigenvalue weighted by Gasteiger charge is -2.41. The highest BCUT2D eigenvalue weighted by Gasteiger charge is 2.53. The van der Waals surface area contributed by atoms with Crippen molar-refractivity contribution in [2.24, 2.45) is 0 Å². The van der Waals surface area contributed by atoms with Crippen molar-refractivity contribution in [2.45, 2.75) is 65.1 Å². The lowest BCUT2D eigenvalue weighted by Crippen LogP contribution is -2.55. The summed E-state index contributed by atoms with van der Waals surface area (Å²) < 4.78 is 6.00. The largest absolute Gasteiger partial charge is 0.431 e. The van der Waals surface area contributed by atoms with Crippen LogP contribution < -0.4 is 5.32 Å². The van der Waals surface area contributed by atoms with Crippen molar-refractivity contribution in [3.8, 4) is 0 Å². The molecule has 1 spiro atoms. The molecule has 0 radical (unpaired) electrons. The van der Waals surface area contributed by atoms with Crippen molar-refractivity contribution in [3.63, 3.8) is 0 Å². The molecule has 1 aliphatic carbocycles. The Morgan fingerprint density at radius 2 is 1.78 bits per heavy atom. The Hall–Kier alpha value is -2.93. The summed E-state index contributed by atoms with van der Waals surface area (Å²) in [5, 5.41) is 7.08. The van der Waals surface area contributed by atoms with Gasteiger partial charge < -0.3 is 10.1 Å². The molecule has 4 rings (SSSR count). The van der Waals surface area contributed by atoms with Gasteiger partial charge in [0.05, 0.1) is 6.54 Å². The van der Waals surface area contributed by atoms with E-state index in [0.29, 0.717) is 22.9 Å². The predicted molar refractivity (Wildman–Crippen MR) is 128 cm³/mol. The molecule has 7 heteroatoms. The number of Topliss-reactive ketones (excluding diaryl/α,β-unsaturated/α-hetero) is 1. The van der Waals surface area contributed by atoms with E-state index in [9.17, 15) is 9.59 Å². The van der Waals surface area contributed by atoms with Gasteiger partial charge in [-0.1, -0.05) is 47.9 Å². The zero-order valence-electron chi connectivity index (χ0n) is 18.8. The minimum Gasteiger partial charge on any atom is -0.419 e. The third-order valence-corrected chi connectivity index (χ3v) is 6.35. The van der Waals surface area contributed by atoms with E-state index in [1.165, 1.54) is 6.92 Å². The molecule has 2 aromatic rings. The van der Waals surface area contributed by atoms with E-state index in [1.54, 1.807) is 17.1 Å². The highest BCUT2D eigenvalue weighted by atomic mass is 32.1. The van der Waals surface area contributed by atoms with Gasteiger partial charge in [-0.15, -0.1) is 0 Å². The quantitative estimate of drug-likeness (QED) is 0.473. The molecular weight excluding hydrogens is 422 g/mol. The maximum Gasteiger partial charge on any atom is 0.431 e. The number of thiocarbonyl (C=S) groups is 1. The van der Waals surface area contributed by atoms with Crippen LogP contribution in [0.3, 0.4) is 0 Å². The van der Waals surface area contributed by atoms with E-state index in [2.05, 4.69) is 23.5 Å². The molecule has 0 aromatic heterocycles. The number of benzene rings is 2. The number of hydrogen-bond donors (Lipinski definition) is 1. The standard InChI is InChI=1S/C25H29N3O3S/c1-17-12-18(2)14-20(13-17)16-27-24(30)31-25(10-5-4-6-11-25)28(27)23(32)26-22-9-7-8-21(15-22)19(3)29/h7-9,12-15H,4-6,10-11,16H2,1-3H3,(H,26,32). The Bertz CT molecular complexity index is 1040. The van der Waals surface area contributed by atoms with Gasteiger partial charge in [0.15, 0.2) is 10.9 Å². The Balaban J connectivity index is 1.65. The van der Waals surface area contributed by atoms with Crippen molar-refractivity contribution in [2.75, 3.05) is 5.32 Å². The average molecular weight is 452 g/mol. The maximum atomic E-state index is 13.1. The number of nitrogens with zero attached hydrogens (tertiary/aromatic N) is 2. The van der Waals surface area contributed by atoms with Crippen LogP contribution in [0.1, 0.15) is 66.1 Å². The summed E-state index contributed by atoms with van der Waals surface area (Å²) in [5.41, 5.74) is 3.86. The van der Waals surface area contributed by atoms with Gasteiger partial charge in [-0.25, -0.2) is 14.8 Å². The zero-order chi connectivity index (χ0) is 22.9. The fourth-order valence-corrected chi connectivity index (χ4v) is 5.12. The van der Waals surface area contributed by atoms with Crippen LogP contribution in [0.5, 0.6) is 0 Å². The van der Waals surface area contributed by atoms with Crippen LogP contribution in [0, 0.1) is 13.8 Å². The lowest BCUT2D eigenvalue weighted by atomic mass is 9.91. The van der Waals surface area contributed by atoms with Crippen LogP contribution in [-0.4, -0.2) is 32.7 Å². The second-order valence-electron chi connectivity index (χ2n) is 8.81. The van der Waals surface area contributed by atoms with E-state index >= 15 is 0 Å². The number of carbonyl (C=O) groups excluding carboxylic acids is 2. The van der Waals surface area contributed by atoms with Crippen molar-refractivity contribution in [1.29, 1.82) is 0 Å². The molecule has 0 unspecified atom stereocenters. The van der Waals surface area contributed by atoms with Crippen LogP contribution >= 0.6 is 12.2 Å². The number of nitrogens with one attached hydrogen (secondary N) is 1. The molecule has 168 valence electrons. The summed E-state index contributed by atoms with van der Waals surface area (Å²) in [6.07, 6.45) is 4.15. The number of aryl methyl sites for hydroxylation is 2. The zero-order valence-corrected chi connectivity index (χ0v) is 19.6. The second kappa shape index (κ2) is 8.90. The van der Waals surface area contributed by atoms with Gasteiger partial charge in [-0.2, -0.15) is 0 Å². The number of amides is 1. The Labute approximate surface area is 194 Å². The van der Waals surface area contributed by atoms with Gasteiger partial charge in [0.1, 0.15) is 0 Å². The van der Waals surface area contributed by atoms with Crippen LogP contribution in [0.25, 0.3) is 0 Å². The number of hydrogen-bond acceptors (Lipinski definition) is 4. The molecular formula is C25H29N3O3S. The van der Waals surface area contributed by atoms with E-state index in [4.69, 9.17) is 17.0 Å². The highest BCUT2D eigenvalue weighted by molar-refractivity contribution is 7.80. The fraction of sp³-hybridized carbons (Fsp3) is 0.400. The molecule has 2 fully saturated rings. The maximum absolute atomic E-state index is 13.1. The number of anilines is 1. The summed E-state index contributed by atoms with van der Waals surface area (Å²) in [5.74, 6) is -0.0144. The van der Waals surface area contributed by atoms with Crippen LogP contribution in [0.4, 0.5) is 10.5 Å². The van der Waals surface area contributed by atoms with E-state index in [-0.39, 0.29) is 11.9 Å². The van der Waals surface area contributed by atoms with Crippen LogP contribution in [-0.2, 0) is 11.3 Å². The van der Waals surface area contributed by atoms with E-state index in [1.807, 2.05) is 31.0 Å². The first kappa shape index (κ1) is 22.3.